The van der Waals surface area contributed by atoms with E-state index in [0.717, 1.165) is 11.3 Å². The van der Waals surface area contributed by atoms with Gasteiger partial charge in [0.2, 0.25) is 17.6 Å². The van der Waals surface area contributed by atoms with Crippen molar-refractivity contribution in [2.24, 2.45) is 0 Å². The highest BCUT2D eigenvalue weighted by Gasteiger charge is 2.35. The quantitative estimate of drug-likeness (QED) is 0.669. The number of benzene rings is 1. The average Bonchev–Trinajstić information content (AvgIpc) is 3.13. The van der Waals surface area contributed by atoms with Gasteiger partial charge in [-0.15, -0.1) is 0 Å². The van der Waals surface area contributed by atoms with Crippen LogP contribution in [0.4, 0.5) is 0 Å². The molecule has 1 fully saturated rings. The van der Waals surface area contributed by atoms with Crippen molar-refractivity contribution in [3.63, 3.8) is 0 Å². The molecular formula is C20H20N4O3. The van der Waals surface area contributed by atoms with Crippen LogP contribution in [0.3, 0.4) is 0 Å². The maximum Gasteiger partial charge on any atom is 0.233 e. The minimum Gasteiger partial charge on any atom is -0.494 e. The topological polar surface area (TPSA) is 81.4 Å². The van der Waals surface area contributed by atoms with E-state index in [9.17, 15) is 4.79 Å². The van der Waals surface area contributed by atoms with E-state index in [1.807, 2.05) is 54.3 Å². The van der Waals surface area contributed by atoms with Gasteiger partial charge in [-0.2, -0.15) is 4.98 Å². The lowest BCUT2D eigenvalue weighted by atomic mass is 9.99. The molecule has 0 atom stereocenters. The molecule has 1 saturated heterocycles. The van der Waals surface area contributed by atoms with Crippen molar-refractivity contribution in [3.05, 3.63) is 60.1 Å². The highest BCUT2D eigenvalue weighted by atomic mass is 16.5. The third-order valence-electron chi connectivity index (χ3n) is 4.51. The molecule has 2 aromatic heterocycles. The van der Waals surface area contributed by atoms with Gasteiger partial charge in [-0.25, -0.2) is 0 Å². The molecule has 0 aliphatic carbocycles. The van der Waals surface area contributed by atoms with Crippen LogP contribution in [0.2, 0.25) is 0 Å². The van der Waals surface area contributed by atoms with E-state index in [1.165, 1.54) is 0 Å². The predicted molar refractivity (Wildman–Crippen MR) is 98.2 cm³/mol. The number of likely N-dealkylation sites (tertiary alicyclic amines) is 1. The molecule has 138 valence electrons. The minimum absolute atomic E-state index is 0.0826. The van der Waals surface area contributed by atoms with E-state index in [0.29, 0.717) is 43.5 Å². The first-order chi connectivity index (χ1) is 13.2. The van der Waals surface area contributed by atoms with E-state index in [1.54, 1.807) is 6.20 Å². The zero-order valence-corrected chi connectivity index (χ0v) is 15.0. The summed E-state index contributed by atoms with van der Waals surface area (Å²) in [5.74, 6) is 2.03. The summed E-state index contributed by atoms with van der Waals surface area (Å²) in [4.78, 5) is 22.9. The van der Waals surface area contributed by atoms with Crippen molar-refractivity contribution in [2.45, 2.75) is 19.3 Å². The molecule has 0 bridgehead atoms. The lowest BCUT2D eigenvalue weighted by molar-refractivity contribution is -0.135. The summed E-state index contributed by atoms with van der Waals surface area (Å²) in [6, 6.07) is 13.2. The first-order valence-corrected chi connectivity index (χ1v) is 8.97. The number of carbonyl (C=O) groups excluding carboxylic acids is 1. The van der Waals surface area contributed by atoms with Crippen LogP contribution < -0.4 is 4.74 Å². The molecule has 0 radical (unpaired) electrons. The Morgan fingerprint density at radius 3 is 2.74 bits per heavy atom. The van der Waals surface area contributed by atoms with Gasteiger partial charge < -0.3 is 14.2 Å². The Bertz CT molecular complexity index is 902. The van der Waals surface area contributed by atoms with Gasteiger partial charge in [0.25, 0.3) is 0 Å². The van der Waals surface area contributed by atoms with Crippen LogP contribution in [-0.2, 0) is 11.2 Å². The maximum absolute atomic E-state index is 12.4. The number of carbonyl (C=O) groups is 1. The molecule has 0 unspecified atom stereocenters. The summed E-state index contributed by atoms with van der Waals surface area (Å²) >= 11 is 0. The van der Waals surface area contributed by atoms with Crippen LogP contribution in [-0.4, -0.2) is 45.6 Å². The summed E-state index contributed by atoms with van der Waals surface area (Å²) in [6.07, 6.45) is 2.07. The van der Waals surface area contributed by atoms with Gasteiger partial charge in [0.15, 0.2) is 0 Å². The second kappa shape index (κ2) is 7.57. The van der Waals surface area contributed by atoms with Gasteiger partial charge in [-0.05, 0) is 36.8 Å². The van der Waals surface area contributed by atoms with Crippen LogP contribution in [0.5, 0.6) is 5.75 Å². The number of amides is 1. The summed E-state index contributed by atoms with van der Waals surface area (Å²) < 4.78 is 10.8. The molecule has 3 aromatic rings. The van der Waals surface area contributed by atoms with Crippen LogP contribution in [0, 0.1) is 0 Å². The molecule has 3 heterocycles. The number of pyridine rings is 1. The van der Waals surface area contributed by atoms with Crippen molar-refractivity contribution >= 4 is 5.91 Å². The average molecular weight is 364 g/mol. The van der Waals surface area contributed by atoms with Crippen LogP contribution in [0.15, 0.2) is 53.2 Å². The first kappa shape index (κ1) is 17.2. The number of ether oxygens (including phenoxy) is 1. The zero-order valence-electron chi connectivity index (χ0n) is 15.0. The monoisotopic (exact) mass is 364 g/mol. The highest BCUT2D eigenvalue weighted by molar-refractivity contribution is 5.79. The predicted octanol–water partition coefficient (Wildman–Crippen LogP) is 2.70. The smallest absolute Gasteiger partial charge is 0.233 e. The summed E-state index contributed by atoms with van der Waals surface area (Å²) in [7, 11) is 0. The fraction of sp³-hybridized carbons (Fsp3) is 0.300. The van der Waals surface area contributed by atoms with Crippen molar-refractivity contribution in [1.82, 2.24) is 20.0 Å². The molecule has 1 aliphatic heterocycles. The molecule has 7 nitrogen and oxygen atoms in total. The number of aromatic nitrogens is 3. The molecule has 4 rings (SSSR count). The number of hydrogen-bond donors (Lipinski definition) is 0. The normalized spacial score (nSPS) is 14.0. The van der Waals surface area contributed by atoms with Gasteiger partial charge >= 0.3 is 0 Å². The van der Waals surface area contributed by atoms with Crippen molar-refractivity contribution in [3.8, 4) is 17.3 Å². The molecule has 7 heteroatoms. The van der Waals surface area contributed by atoms with Crippen LogP contribution in [0.25, 0.3) is 11.5 Å². The molecule has 1 aliphatic rings. The van der Waals surface area contributed by atoms with E-state index in [4.69, 9.17) is 9.26 Å². The summed E-state index contributed by atoms with van der Waals surface area (Å²) in [5, 5.41) is 3.99. The molecular weight excluding hydrogens is 344 g/mol. The fourth-order valence-electron chi connectivity index (χ4n) is 3.00. The van der Waals surface area contributed by atoms with Crippen LogP contribution in [0.1, 0.15) is 24.3 Å². The lowest BCUT2D eigenvalue weighted by Gasteiger charge is -2.37. The van der Waals surface area contributed by atoms with Crippen LogP contribution >= 0.6 is 0 Å². The number of rotatable bonds is 6. The molecule has 0 saturated carbocycles. The molecule has 0 N–H and O–H groups in total. The molecule has 27 heavy (non-hydrogen) atoms. The van der Waals surface area contributed by atoms with E-state index in [2.05, 4.69) is 15.1 Å². The number of hydrogen-bond acceptors (Lipinski definition) is 6. The third-order valence-corrected chi connectivity index (χ3v) is 4.51. The third kappa shape index (κ3) is 3.81. The fourth-order valence-corrected chi connectivity index (χ4v) is 3.00. The molecule has 1 aromatic carbocycles. The van der Waals surface area contributed by atoms with E-state index >= 15 is 0 Å². The first-order valence-electron chi connectivity index (χ1n) is 8.97. The van der Waals surface area contributed by atoms with Gasteiger partial charge in [-0.1, -0.05) is 23.4 Å². The molecule has 0 spiro atoms. The van der Waals surface area contributed by atoms with Gasteiger partial charge in [0.05, 0.1) is 18.9 Å². The Hall–Kier alpha value is -3.22. The Labute approximate surface area is 157 Å². The second-order valence-electron chi connectivity index (χ2n) is 6.42. The Morgan fingerprint density at radius 1 is 1.22 bits per heavy atom. The van der Waals surface area contributed by atoms with Gasteiger partial charge in [-0.3, -0.25) is 9.78 Å². The minimum atomic E-state index is 0.0826. The Morgan fingerprint density at radius 2 is 2.04 bits per heavy atom. The molecule has 1 amide bonds. The second-order valence-corrected chi connectivity index (χ2v) is 6.42. The van der Waals surface area contributed by atoms with Gasteiger partial charge in [0.1, 0.15) is 11.4 Å². The van der Waals surface area contributed by atoms with E-state index < -0.39 is 0 Å². The zero-order chi connectivity index (χ0) is 18.6. The SMILES string of the molecule is CCOc1ccc(CC(=O)N2CC(c3nc(-c4ccccn4)no3)C2)cc1. The highest BCUT2D eigenvalue weighted by Crippen LogP contribution is 2.28. The van der Waals surface area contributed by atoms with Gasteiger partial charge in [0, 0.05) is 19.3 Å². The number of nitrogens with zero attached hydrogens (tertiary/aromatic N) is 4. The van der Waals surface area contributed by atoms with E-state index in [-0.39, 0.29) is 11.8 Å². The Kier molecular flexibility index (Phi) is 4.82. The lowest BCUT2D eigenvalue weighted by Crippen LogP contribution is -2.49. The summed E-state index contributed by atoms with van der Waals surface area (Å²) in [5.41, 5.74) is 1.65. The standard InChI is InChI=1S/C20H20N4O3/c1-2-26-16-8-6-14(7-9-16)11-18(25)24-12-15(13-24)20-22-19(23-27-20)17-5-3-4-10-21-17/h3-10,15H,2,11-13H2,1H3. The Balaban J connectivity index is 1.31. The van der Waals surface area contributed by atoms with Crippen molar-refractivity contribution < 1.29 is 14.1 Å². The van der Waals surface area contributed by atoms with Crippen molar-refractivity contribution in [2.75, 3.05) is 19.7 Å². The summed E-state index contributed by atoms with van der Waals surface area (Å²) in [6.45, 7) is 3.77. The van der Waals surface area contributed by atoms with Crippen molar-refractivity contribution in [1.29, 1.82) is 0 Å². The maximum atomic E-state index is 12.4. The largest absolute Gasteiger partial charge is 0.494 e.